The first-order valence-electron chi connectivity index (χ1n) is 8.85. The van der Waals surface area contributed by atoms with Crippen LogP contribution < -0.4 is 5.32 Å². The van der Waals surface area contributed by atoms with Crippen molar-refractivity contribution in [1.82, 2.24) is 20.0 Å². The average Bonchev–Trinajstić information content (AvgIpc) is 3.18. The normalized spacial score (nSPS) is 18.4. The highest BCUT2D eigenvalue weighted by atomic mass is 16.5. The molecule has 6 heteroatoms. The van der Waals surface area contributed by atoms with Crippen molar-refractivity contribution in [2.75, 3.05) is 32.8 Å². The largest absolute Gasteiger partial charge is 0.376 e. The van der Waals surface area contributed by atoms with E-state index in [0.717, 1.165) is 30.6 Å². The zero-order valence-corrected chi connectivity index (χ0v) is 14.3. The Kier molecular flexibility index (Phi) is 5.33. The van der Waals surface area contributed by atoms with E-state index >= 15 is 0 Å². The van der Waals surface area contributed by atoms with Crippen LogP contribution in [-0.4, -0.2) is 53.4 Å². The van der Waals surface area contributed by atoms with Crippen molar-refractivity contribution in [2.45, 2.75) is 52.2 Å². The molecule has 23 heavy (non-hydrogen) atoms. The number of carbonyl (C=O) groups is 1. The number of nitrogens with one attached hydrogen (secondary N) is 1. The Morgan fingerprint density at radius 3 is 2.87 bits per heavy atom. The molecule has 1 aromatic rings. The Morgan fingerprint density at radius 2 is 2.13 bits per heavy atom. The van der Waals surface area contributed by atoms with Crippen LogP contribution in [0.4, 0.5) is 0 Å². The van der Waals surface area contributed by atoms with Crippen molar-refractivity contribution in [3.8, 4) is 0 Å². The van der Waals surface area contributed by atoms with Crippen LogP contribution in [0.15, 0.2) is 0 Å². The quantitative estimate of drug-likeness (QED) is 0.811. The second-order valence-corrected chi connectivity index (χ2v) is 6.77. The number of rotatable bonds is 6. The highest BCUT2D eigenvalue weighted by Gasteiger charge is 2.26. The topological polar surface area (TPSA) is 59.4 Å². The van der Waals surface area contributed by atoms with E-state index in [1.807, 2.05) is 4.68 Å². The molecule has 0 saturated carbocycles. The van der Waals surface area contributed by atoms with Crippen LogP contribution in [0.5, 0.6) is 0 Å². The van der Waals surface area contributed by atoms with E-state index in [4.69, 9.17) is 4.74 Å². The second-order valence-electron chi connectivity index (χ2n) is 6.77. The van der Waals surface area contributed by atoms with Gasteiger partial charge in [-0.2, -0.15) is 5.10 Å². The molecule has 0 radical (unpaired) electrons. The molecule has 1 aromatic heterocycles. The monoisotopic (exact) mass is 320 g/mol. The molecule has 2 aliphatic rings. The maximum absolute atomic E-state index is 12.5. The van der Waals surface area contributed by atoms with Gasteiger partial charge in [-0.15, -0.1) is 0 Å². The predicted octanol–water partition coefficient (Wildman–Crippen LogP) is 1.75. The van der Waals surface area contributed by atoms with Gasteiger partial charge in [0.2, 0.25) is 0 Å². The molecular weight excluding hydrogens is 292 g/mol. The fourth-order valence-electron chi connectivity index (χ4n) is 3.47. The van der Waals surface area contributed by atoms with E-state index in [9.17, 15) is 4.79 Å². The van der Waals surface area contributed by atoms with Crippen LogP contribution in [0.1, 0.15) is 60.9 Å². The standard InChI is InChI=1S/C17H28N4O2/c1-13(2)21-15-6-11-23-12-14(15)16(19-21)17(22)18-7-5-10-20-8-3-4-9-20/h13H,3-12H2,1-2H3,(H,18,22). The summed E-state index contributed by atoms with van der Waals surface area (Å²) in [6, 6.07) is 0.263. The maximum atomic E-state index is 12.5. The fourth-order valence-corrected chi connectivity index (χ4v) is 3.47. The Bertz CT molecular complexity index is 547. The average molecular weight is 320 g/mol. The third-order valence-electron chi connectivity index (χ3n) is 4.69. The molecule has 0 spiro atoms. The van der Waals surface area contributed by atoms with Gasteiger partial charge in [-0.1, -0.05) is 0 Å². The number of amides is 1. The first-order valence-corrected chi connectivity index (χ1v) is 8.85. The summed E-state index contributed by atoms with van der Waals surface area (Å²) in [6.07, 6.45) is 4.45. The number of nitrogens with zero attached hydrogens (tertiary/aromatic N) is 3. The lowest BCUT2D eigenvalue weighted by Gasteiger charge is -2.16. The fraction of sp³-hybridized carbons (Fsp3) is 0.765. The van der Waals surface area contributed by atoms with Gasteiger partial charge in [-0.05, 0) is 52.7 Å². The van der Waals surface area contributed by atoms with Crippen LogP contribution >= 0.6 is 0 Å². The summed E-state index contributed by atoms with van der Waals surface area (Å²) in [7, 11) is 0. The van der Waals surface area contributed by atoms with Crippen molar-refractivity contribution in [3.63, 3.8) is 0 Å². The minimum atomic E-state index is -0.0624. The predicted molar refractivity (Wildman–Crippen MR) is 88.6 cm³/mol. The molecule has 0 atom stereocenters. The van der Waals surface area contributed by atoms with Crippen molar-refractivity contribution in [3.05, 3.63) is 17.0 Å². The van der Waals surface area contributed by atoms with E-state index in [2.05, 4.69) is 29.2 Å². The van der Waals surface area contributed by atoms with E-state index in [-0.39, 0.29) is 11.9 Å². The third-order valence-corrected chi connectivity index (χ3v) is 4.69. The minimum absolute atomic E-state index is 0.0624. The van der Waals surface area contributed by atoms with Crippen LogP contribution in [0.3, 0.4) is 0 Å². The van der Waals surface area contributed by atoms with Gasteiger partial charge >= 0.3 is 0 Å². The number of hydrogen-bond acceptors (Lipinski definition) is 4. The summed E-state index contributed by atoms with van der Waals surface area (Å²) in [5.41, 5.74) is 2.69. The zero-order valence-electron chi connectivity index (χ0n) is 14.3. The van der Waals surface area contributed by atoms with Gasteiger partial charge < -0.3 is 15.0 Å². The first-order chi connectivity index (χ1) is 11.2. The molecule has 1 N–H and O–H groups in total. The van der Waals surface area contributed by atoms with Gasteiger partial charge in [0.15, 0.2) is 5.69 Å². The maximum Gasteiger partial charge on any atom is 0.272 e. The second kappa shape index (κ2) is 7.45. The lowest BCUT2D eigenvalue weighted by molar-refractivity contribution is 0.0923. The number of likely N-dealkylation sites (tertiary alicyclic amines) is 1. The Labute approximate surface area is 138 Å². The molecule has 0 bridgehead atoms. The SMILES string of the molecule is CC(C)n1nc(C(=O)NCCCN2CCCC2)c2c1CCOC2. The summed E-state index contributed by atoms with van der Waals surface area (Å²) < 4.78 is 7.52. The molecule has 128 valence electrons. The lowest BCUT2D eigenvalue weighted by atomic mass is 10.1. The molecule has 3 rings (SSSR count). The van der Waals surface area contributed by atoms with Crippen LogP contribution in [0.2, 0.25) is 0 Å². The van der Waals surface area contributed by atoms with Crippen molar-refractivity contribution in [2.24, 2.45) is 0 Å². The number of carbonyl (C=O) groups excluding carboxylic acids is 1. The summed E-state index contributed by atoms with van der Waals surface area (Å²) in [5.74, 6) is -0.0624. The van der Waals surface area contributed by atoms with Crippen molar-refractivity contribution >= 4 is 5.91 Å². The van der Waals surface area contributed by atoms with Gasteiger partial charge in [-0.3, -0.25) is 9.48 Å². The minimum Gasteiger partial charge on any atom is -0.376 e. The molecule has 1 saturated heterocycles. The summed E-state index contributed by atoms with van der Waals surface area (Å²) in [5, 5.41) is 7.59. The molecule has 0 aromatic carbocycles. The number of ether oxygens (including phenoxy) is 1. The van der Waals surface area contributed by atoms with Crippen LogP contribution in [-0.2, 0) is 17.8 Å². The lowest BCUT2D eigenvalue weighted by Crippen LogP contribution is -2.29. The van der Waals surface area contributed by atoms with Crippen LogP contribution in [0, 0.1) is 0 Å². The van der Waals surface area contributed by atoms with Gasteiger partial charge in [0.1, 0.15) is 0 Å². The molecule has 2 aliphatic heterocycles. The molecule has 0 unspecified atom stereocenters. The van der Waals surface area contributed by atoms with E-state index in [1.165, 1.54) is 25.9 Å². The Balaban J connectivity index is 1.58. The molecule has 3 heterocycles. The summed E-state index contributed by atoms with van der Waals surface area (Å²) in [6.45, 7) is 9.60. The Hall–Kier alpha value is -1.40. The highest BCUT2D eigenvalue weighted by Crippen LogP contribution is 2.23. The van der Waals surface area contributed by atoms with Crippen molar-refractivity contribution < 1.29 is 9.53 Å². The highest BCUT2D eigenvalue weighted by molar-refractivity contribution is 5.94. The molecule has 1 fully saturated rings. The smallest absolute Gasteiger partial charge is 0.272 e. The van der Waals surface area contributed by atoms with E-state index in [0.29, 0.717) is 25.5 Å². The molecule has 1 amide bonds. The van der Waals surface area contributed by atoms with Gasteiger partial charge in [0, 0.05) is 30.3 Å². The first kappa shape index (κ1) is 16.5. The van der Waals surface area contributed by atoms with E-state index in [1.54, 1.807) is 0 Å². The van der Waals surface area contributed by atoms with Gasteiger partial charge in [0.25, 0.3) is 5.91 Å². The number of hydrogen-bond donors (Lipinski definition) is 1. The zero-order chi connectivity index (χ0) is 16.2. The van der Waals surface area contributed by atoms with Gasteiger partial charge in [-0.25, -0.2) is 0 Å². The molecular formula is C17H28N4O2. The Morgan fingerprint density at radius 1 is 1.35 bits per heavy atom. The molecule has 6 nitrogen and oxygen atoms in total. The van der Waals surface area contributed by atoms with Gasteiger partial charge in [0.05, 0.1) is 13.2 Å². The summed E-state index contributed by atoms with van der Waals surface area (Å²) >= 11 is 0. The van der Waals surface area contributed by atoms with E-state index < -0.39 is 0 Å². The van der Waals surface area contributed by atoms with Crippen LogP contribution in [0.25, 0.3) is 0 Å². The molecule has 0 aliphatic carbocycles. The number of fused-ring (bicyclic) bond motifs is 1. The summed E-state index contributed by atoms with van der Waals surface area (Å²) in [4.78, 5) is 15.0. The third kappa shape index (κ3) is 3.75. The number of aromatic nitrogens is 2. The van der Waals surface area contributed by atoms with Crippen molar-refractivity contribution in [1.29, 1.82) is 0 Å².